The van der Waals surface area contributed by atoms with Crippen molar-refractivity contribution in [3.05, 3.63) is 66.5 Å². The third kappa shape index (κ3) is 9.24. The second-order valence-corrected chi connectivity index (χ2v) is 11.9. The van der Waals surface area contributed by atoms with Gasteiger partial charge in [0.2, 0.25) is 0 Å². The molecular formula is C34H46N8O4. The van der Waals surface area contributed by atoms with Gasteiger partial charge in [0.15, 0.2) is 5.65 Å². The fourth-order valence-corrected chi connectivity index (χ4v) is 6.11. The summed E-state index contributed by atoms with van der Waals surface area (Å²) < 4.78 is 2.13. The lowest BCUT2D eigenvalue weighted by Crippen LogP contribution is -2.49. The normalized spacial score (nSPS) is 19.2. The second-order valence-electron chi connectivity index (χ2n) is 11.9. The average molecular weight is 631 g/mol. The van der Waals surface area contributed by atoms with E-state index in [9.17, 15) is 0 Å². The Morgan fingerprint density at radius 3 is 2.02 bits per heavy atom. The largest absolute Gasteiger partial charge is 0.481 e. The molecule has 0 radical (unpaired) electrons. The average Bonchev–Trinajstić information content (AvgIpc) is 3.43. The Hall–Kier alpha value is -4.55. The van der Waals surface area contributed by atoms with Gasteiger partial charge in [0.05, 0.1) is 11.4 Å². The molecule has 1 unspecified atom stereocenters. The van der Waals surface area contributed by atoms with Crippen LogP contribution in [0.5, 0.6) is 0 Å². The summed E-state index contributed by atoms with van der Waals surface area (Å²) in [5, 5.41) is 24.4. The molecule has 1 saturated heterocycles. The Morgan fingerprint density at radius 1 is 0.870 bits per heavy atom. The molecule has 2 fully saturated rings. The Balaban J connectivity index is 0.000000541. The number of hydrogen-bond acceptors (Lipinski definition) is 9. The summed E-state index contributed by atoms with van der Waals surface area (Å²) in [6, 6.07) is 20.2. The number of fused-ring (bicyclic) bond motifs is 1. The van der Waals surface area contributed by atoms with Crippen molar-refractivity contribution in [2.24, 2.45) is 0 Å². The summed E-state index contributed by atoms with van der Waals surface area (Å²) in [7, 11) is 2.22. The van der Waals surface area contributed by atoms with Crippen LogP contribution in [0.3, 0.4) is 0 Å². The molecule has 2 aromatic heterocycles. The van der Waals surface area contributed by atoms with E-state index in [1.54, 1.807) is 6.33 Å². The van der Waals surface area contributed by atoms with E-state index < -0.39 is 11.9 Å². The predicted octanol–water partition coefficient (Wildman–Crippen LogP) is 5.16. The fourth-order valence-electron chi connectivity index (χ4n) is 6.11. The maximum absolute atomic E-state index is 9.00. The zero-order chi connectivity index (χ0) is 33.2. The number of hydrogen-bond donors (Lipinski definition) is 4. The molecule has 1 saturated carbocycles. The number of piperazine rings is 1. The lowest BCUT2D eigenvalue weighted by molar-refractivity contribution is -0.135. The number of aromatic nitrogens is 4. The van der Waals surface area contributed by atoms with Gasteiger partial charge in [0, 0.05) is 63.4 Å². The van der Waals surface area contributed by atoms with E-state index in [1.165, 1.54) is 44.6 Å². The summed E-state index contributed by atoms with van der Waals surface area (Å²) in [6.45, 7) is 9.04. The van der Waals surface area contributed by atoms with Crippen LogP contribution in [0.1, 0.15) is 64.1 Å². The van der Waals surface area contributed by atoms with Gasteiger partial charge in [-0.1, -0.05) is 42.5 Å². The molecular weight excluding hydrogens is 584 g/mol. The number of rotatable bonds is 6. The summed E-state index contributed by atoms with van der Waals surface area (Å²) in [5.74, 6) is -1.18. The number of nitrogens with zero attached hydrogens (tertiary/aromatic N) is 6. The highest BCUT2D eigenvalue weighted by Gasteiger charge is 2.30. The van der Waals surface area contributed by atoms with E-state index in [1.807, 2.05) is 6.07 Å². The smallest absolute Gasteiger partial charge is 0.300 e. The number of nitrogens with two attached hydrogens (primary N) is 1. The number of benzene rings is 2. The number of nitrogens with one attached hydrogen (secondary N) is 1. The van der Waals surface area contributed by atoms with Crippen LogP contribution in [0.4, 0.5) is 11.5 Å². The first kappa shape index (κ1) is 34.3. The van der Waals surface area contributed by atoms with Crippen molar-refractivity contribution in [3.63, 3.8) is 0 Å². The molecule has 3 heterocycles. The van der Waals surface area contributed by atoms with Gasteiger partial charge in [-0.25, -0.2) is 14.6 Å². The van der Waals surface area contributed by atoms with E-state index in [0.717, 1.165) is 54.7 Å². The van der Waals surface area contributed by atoms with Crippen molar-refractivity contribution in [1.29, 1.82) is 0 Å². The second kappa shape index (κ2) is 16.1. The molecule has 6 rings (SSSR count). The van der Waals surface area contributed by atoms with Crippen LogP contribution in [0.15, 0.2) is 60.9 Å². The third-order valence-electron chi connectivity index (χ3n) is 8.43. The Morgan fingerprint density at radius 2 is 1.43 bits per heavy atom. The molecule has 12 heteroatoms. The standard InChI is InChI=1S/C30H38N8.2C2H4O2/c1-21(22-6-4-3-5-7-22)34-24-10-8-23(9-11-24)28-27-29(31)32-20-33-30(27)38(35-28)26-14-12-25(13-15-26)37-18-16-36(2)17-19-37;2*1-2(3)4/h3-11,20-21,25-26,34H,12-19H2,1-2H3,(H2,31,32,33);2*1H3,(H,3,4). The summed E-state index contributed by atoms with van der Waals surface area (Å²) >= 11 is 0. The van der Waals surface area contributed by atoms with Gasteiger partial charge < -0.3 is 26.2 Å². The van der Waals surface area contributed by atoms with Crippen LogP contribution in [0.25, 0.3) is 22.3 Å². The van der Waals surface area contributed by atoms with E-state index >= 15 is 0 Å². The monoisotopic (exact) mass is 630 g/mol. The van der Waals surface area contributed by atoms with Crippen molar-refractivity contribution >= 4 is 34.5 Å². The maximum atomic E-state index is 9.00. The molecule has 1 atom stereocenters. The van der Waals surface area contributed by atoms with Gasteiger partial charge >= 0.3 is 0 Å². The van der Waals surface area contributed by atoms with Gasteiger partial charge in [-0.15, -0.1) is 0 Å². The number of likely N-dealkylation sites (N-methyl/N-ethyl adjacent to an activating group) is 1. The number of nitrogen functional groups attached to an aromatic ring is 1. The first-order chi connectivity index (χ1) is 22.0. The molecule has 5 N–H and O–H groups in total. The van der Waals surface area contributed by atoms with Crippen molar-refractivity contribution in [1.82, 2.24) is 29.5 Å². The fraction of sp³-hybridized carbons (Fsp3) is 0.441. The molecule has 1 aliphatic heterocycles. The minimum atomic E-state index is -0.833. The van der Waals surface area contributed by atoms with E-state index in [0.29, 0.717) is 17.9 Å². The van der Waals surface area contributed by atoms with Crippen molar-refractivity contribution < 1.29 is 19.8 Å². The van der Waals surface area contributed by atoms with Crippen LogP contribution in [-0.2, 0) is 9.59 Å². The zero-order valence-electron chi connectivity index (χ0n) is 27.1. The molecule has 2 aliphatic rings. The molecule has 46 heavy (non-hydrogen) atoms. The number of carboxylic acid groups (broad SMARTS) is 2. The lowest BCUT2D eigenvalue weighted by atomic mass is 9.90. The zero-order valence-corrected chi connectivity index (χ0v) is 27.1. The molecule has 12 nitrogen and oxygen atoms in total. The van der Waals surface area contributed by atoms with Gasteiger partial charge in [-0.3, -0.25) is 14.5 Å². The number of carboxylic acids is 2. The Labute approximate surface area is 270 Å². The van der Waals surface area contributed by atoms with Crippen LogP contribution in [-0.4, -0.2) is 91.0 Å². The van der Waals surface area contributed by atoms with Gasteiger partial charge in [-0.05, 0) is 57.4 Å². The number of anilines is 2. The van der Waals surface area contributed by atoms with Crippen LogP contribution < -0.4 is 11.1 Å². The van der Waals surface area contributed by atoms with Crippen LogP contribution >= 0.6 is 0 Å². The Kier molecular flexibility index (Phi) is 12.0. The van der Waals surface area contributed by atoms with Gasteiger partial charge in [0.1, 0.15) is 17.8 Å². The van der Waals surface area contributed by atoms with Gasteiger partial charge in [-0.2, -0.15) is 5.10 Å². The van der Waals surface area contributed by atoms with Crippen molar-refractivity contribution in [3.8, 4) is 11.3 Å². The highest BCUT2D eigenvalue weighted by Crippen LogP contribution is 2.37. The highest BCUT2D eigenvalue weighted by atomic mass is 16.4. The summed E-state index contributed by atoms with van der Waals surface area (Å²) in [6.07, 6.45) is 6.18. The number of aliphatic carboxylic acids is 2. The SMILES string of the molecule is CC(=O)O.CC(=O)O.CC(Nc1ccc(-c2nn(C3CCC(N4CCN(C)CC4)CC3)c3ncnc(N)c23)cc1)c1ccccc1. The van der Waals surface area contributed by atoms with Crippen LogP contribution in [0, 0.1) is 0 Å². The molecule has 0 amide bonds. The minimum absolute atomic E-state index is 0.215. The van der Waals surface area contributed by atoms with Gasteiger partial charge in [0.25, 0.3) is 11.9 Å². The molecule has 0 spiro atoms. The summed E-state index contributed by atoms with van der Waals surface area (Å²) in [5.41, 5.74) is 11.5. The van der Waals surface area contributed by atoms with E-state index in [4.69, 9.17) is 30.6 Å². The minimum Gasteiger partial charge on any atom is -0.481 e. The maximum Gasteiger partial charge on any atom is 0.300 e. The first-order valence-corrected chi connectivity index (χ1v) is 15.8. The van der Waals surface area contributed by atoms with E-state index in [-0.39, 0.29) is 6.04 Å². The molecule has 1 aliphatic carbocycles. The van der Waals surface area contributed by atoms with Crippen molar-refractivity contribution in [2.45, 2.75) is 64.6 Å². The molecule has 0 bridgehead atoms. The number of carbonyl (C=O) groups is 2. The van der Waals surface area contributed by atoms with Crippen molar-refractivity contribution in [2.75, 3.05) is 44.3 Å². The Bertz CT molecular complexity index is 1540. The van der Waals surface area contributed by atoms with Crippen LogP contribution in [0.2, 0.25) is 0 Å². The lowest BCUT2D eigenvalue weighted by Gasteiger charge is -2.41. The molecule has 246 valence electrons. The summed E-state index contributed by atoms with van der Waals surface area (Å²) in [4.78, 5) is 32.1. The first-order valence-electron chi connectivity index (χ1n) is 15.8. The van der Waals surface area contributed by atoms with E-state index in [2.05, 4.69) is 92.3 Å². The quantitative estimate of drug-likeness (QED) is 0.223. The molecule has 4 aromatic rings. The predicted molar refractivity (Wildman–Crippen MR) is 181 cm³/mol. The topological polar surface area (TPSA) is 163 Å². The highest BCUT2D eigenvalue weighted by molar-refractivity contribution is 5.98. The third-order valence-corrected chi connectivity index (χ3v) is 8.43. The molecule has 2 aromatic carbocycles.